The van der Waals surface area contributed by atoms with Crippen LogP contribution < -0.4 is 5.32 Å². The van der Waals surface area contributed by atoms with Crippen molar-refractivity contribution in [3.63, 3.8) is 0 Å². The monoisotopic (exact) mass is 327 g/mol. The molecule has 3 unspecified atom stereocenters. The number of rotatable bonds is 4. The maximum Gasteiger partial charge on any atom is 0.143 e. The lowest BCUT2D eigenvalue weighted by molar-refractivity contribution is 0.465. The number of fused-ring (bicyclic) bond motifs is 1. The van der Waals surface area contributed by atoms with E-state index in [2.05, 4.69) is 16.4 Å². The Balaban J connectivity index is 1.86. The minimum Gasteiger partial charge on any atom is -0.382 e. The van der Waals surface area contributed by atoms with E-state index in [4.69, 9.17) is 0 Å². The van der Waals surface area contributed by atoms with Gasteiger partial charge in [-0.15, -0.1) is 0 Å². The number of pyridine rings is 1. The summed E-state index contributed by atoms with van der Waals surface area (Å²) in [5, 5.41) is 14.1. The predicted octanol–water partition coefficient (Wildman–Crippen LogP) is 3.60. The van der Waals surface area contributed by atoms with Gasteiger partial charge < -0.3 is 5.32 Å². The van der Waals surface area contributed by atoms with E-state index in [1.807, 2.05) is 37.3 Å². The van der Waals surface area contributed by atoms with Crippen LogP contribution in [0.5, 0.6) is 0 Å². The Hall–Kier alpha value is -1.93. The fraction of sp³-hybridized carbons (Fsp3) is 0.444. The van der Waals surface area contributed by atoms with Gasteiger partial charge >= 0.3 is 0 Å². The summed E-state index contributed by atoms with van der Waals surface area (Å²) in [7, 11) is -0.730. The van der Waals surface area contributed by atoms with Crippen LogP contribution >= 0.6 is 0 Å². The van der Waals surface area contributed by atoms with E-state index >= 15 is 0 Å². The number of anilines is 1. The summed E-state index contributed by atoms with van der Waals surface area (Å²) < 4.78 is 12.1. The van der Waals surface area contributed by atoms with Crippen LogP contribution in [0.1, 0.15) is 38.3 Å². The highest BCUT2D eigenvalue weighted by molar-refractivity contribution is 7.85. The molecule has 0 aliphatic heterocycles. The first-order valence-corrected chi connectivity index (χ1v) is 9.53. The number of para-hydroxylation sites is 1. The standard InChI is InChI=1S/C18H21N3OS/c1-2-23(22)15-7-5-6-13(10-15)20-18-11-14(12-19)21-17-9-4-3-8-16(17)18/h3-4,8-9,11,13,15H,2,5-7,10H2,1H3,(H,20,21). The third-order valence-corrected chi connectivity index (χ3v) is 6.21. The van der Waals surface area contributed by atoms with Crippen molar-refractivity contribution >= 4 is 27.4 Å². The topological polar surface area (TPSA) is 65.8 Å². The van der Waals surface area contributed by atoms with Crippen molar-refractivity contribution in [3.8, 4) is 6.07 Å². The Bertz CT molecular complexity index is 768. The van der Waals surface area contributed by atoms with Crippen molar-refractivity contribution in [2.45, 2.75) is 43.9 Å². The Morgan fingerprint density at radius 1 is 1.39 bits per heavy atom. The molecular formula is C18H21N3OS. The summed E-state index contributed by atoms with van der Waals surface area (Å²) in [6, 6.07) is 12.1. The molecule has 2 aromatic rings. The molecule has 3 rings (SSSR count). The van der Waals surface area contributed by atoms with Crippen LogP contribution in [0, 0.1) is 11.3 Å². The second-order valence-corrected chi connectivity index (χ2v) is 7.99. The molecular weight excluding hydrogens is 306 g/mol. The summed E-state index contributed by atoms with van der Waals surface area (Å²) in [6.45, 7) is 1.99. The molecule has 1 saturated carbocycles. The van der Waals surface area contributed by atoms with Gasteiger partial charge in [0.05, 0.1) is 5.52 Å². The molecule has 1 heterocycles. The van der Waals surface area contributed by atoms with Gasteiger partial charge in [0.25, 0.3) is 0 Å². The smallest absolute Gasteiger partial charge is 0.143 e. The maximum absolute atomic E-state index is 12.1. The molecule has 1 N–H and O–H groups in total. The van der Waals surface area contributed by atoms with Crippen molar-refractivity contribution in [2.24, 2.45) is 0 Å². The molecule has 0 saturated heterocycles. The van der Waals surface area contributed by atoms with Crippen LogP contribution in [0.4, 0.5) is 5.69 Å². The van der Waals surface area contributed by atoms with E-state index < -0.39 is 10.8 Å². The van der Waals surface area contributed by atoms with Crippen molar-refractivity contribution < 1.29 is 4.21 Å². The first kappa shape index (κ1) is 15.9. The van der Waals surface area contributed by atoms with Crippen molar-refractivity contribution in [1.29, 1.82) is 5.26 Å². The summed E-state index contributed by atoms with van der Waals surface area (Å²) in [5.74, 6) is 0.730. The molecule has 0 spiro atoms. The molecule has 0 amide bonds. The molecule has 0 radical (unpaired) electrons. The normalized spacial score (nSPS) is 22.4. The van der Waals surface area contributed by atoms with Crippen LogP contribution in [0.25, 0.3) is 10.9 Å². The third kappa shape index (κ3) is 3.53. The fourth-order valence-corrected chi connectivity index (χ4v) is 4.67. The SMILES string of the molecule is CCS(=O)C1CCCC(Nc2cc(C#N)nc3ccccc23)C1. The zero-order chi connectivity index (χ0) is 16.2. The number of nitrogens with zero attached hydrogens (tertiary/aromatic N) is 2. The first-order valence-electron chi connectivity index (χ1n) is 8.15. The molecule has 4 nitrogen and oxygen atoms in total. The Morgan fingerprint density at radius 3 is 3.00 bits per heavy atom. The number of nitriles is 1. The summed E-state index contributed by atoms with van der Waals surface area (Å²) in [6.07, 6.45) is 4.16. The van der Waals surface area contributed by atoms with Crippen LogP contribution in [0.2, 0.25) is 0 Å². The predicted molar refractivity (Wildman–Crippen MR) is 94.8 cm³/mol. The third-order valence-electron chi connectivity index (χ3n) is 4.47. The van der Waals surface area contributed by atoms with E-state index in [9.17, 15) is 9.47 Å². The van der Waals surface area contributed by atoms with Gasteiger partial charge in [-0.3, -0.25) is 4.21 Å². The molecule has 120 valence electrons. The Morgan fingerprint density at radius 2 is 2.22 bits per heavy atom. The average Bonchev–Trinajstić information content (AvgIpc) is 2.61. The van der Waals surface area contributed by atoms with Gasteiger partial charge in [-0.05, 0) is 31.4 Å². The second kappa shape index (κ2) is 7.10. The van der Waals surface area contributed by atoms with E-state index in [1.54, 1.807) is 0 Å². The van der Waals surface area contributed by atoms with E-state index in [-0.39, 0.29) is 5.25 Å². The van der Waals surface area contributed by atoms with Gasteiger partial charge in [-0.25, -0.2) is 4.98 Å². The highest BCUT2D eigenvalue weighted by Gasteiger charge is 2.25. The van der Waals surface area contributed by atoms with Gasteiger partial charge in [-0.1, -0.05) is 31.5 Å². The largest absolute Gasteiger partial charge is 0.382 e. The van der Waals surface area contributed by atoms with Crippen LogP contribution in [0.15, 0.2) is 30.3 Å². The lowest BCUT2D eigenvalue weighted by atomic mass is 9.94. The zero-order valence-electron chi connectivity index (χ0n) is 13.3. The minimum absolute atomic E-state index is 0.287. The van der Waals surface area contributed by atoms with Crippen LogP contribution in [-0.2, 0) is 10.8 Å². The Labute approximate surface area is 139 Å². The quantitative estimate of drug-likeness (QED) is 0.932. The number of hydrogen-bond donors (Lipinski definition) is 1. The molecule has 5 heteroatoms. The number of hydrogen-bond acceptors (Lipinski definition) is 4. The highest BCUT2D eigenvalue weighted by atomic mass is 32.2. The number of aromatic nitrogens is 1. The Kier molecular flexibility index (Phi) is 4.92. The van der Waals surface area contributed by atoms with E-state index in [1.165, 1.54) is 0 Å². The van der Waals surface area contributed by atoms with Crippen LogP contribution in [-0.4, -0.2) is 26.2 Å². The molecule has 1 aromatic heterocycles. The second-order valence-electron chi connectivity index (χ2n) is 5.98. The van der Waals surface area contributed by atoms with Gasteiger partial charge in [-0.2, -0.15) is 5.26 Å². The van der Waals surface area contributed by atoms with Gasteiger partial charge in [0.2, 0.25) is 0 Å². The van der Waals surface area contributed by atoms with Gasteiger partial charge in [0, 0.05) is 38.9 Å². The molecule has 0 bridgehead atoms. The summed E-state index contributed by atoms with van der Waals surface area (Å²) >= 11 is 0. The minimum atomic E-state index is -0.730. The summed E-state index contributed by atoms with van der Waals surface area (Å²) in [4.78, 5) is 4.35. The molecule has 3 atom stereocenters. The van der Waals surface area contributed by atoms with E-state index in [0.717, 1.165) is 48.0 Å². The number of benzene rings is 1. The van der Waals surface area contributed by atoms with E-state index in [0.29, 0.717) is 11.7 Å². The number of nitrogens with one attached hydrogen (secondary N) is 1. The molecule has 1 aromatic carbocycles. The lowest BCUT2D eigenvalue weighted by Crippen LogP contribution is -2.33. The molecule has 1 aliphatic carbocycles. The van der Waals surface area contributed by atoms with Gasteiger partial charge in [0.15, 0.2) is 0 Å². The first-order chi connectivity index (χ1) is 11.2. The zero-order valence-corrected chi connectivity index (χ0v) is 14.1. The lowest BCUT2D eigenvalue weighted by Gasteiger charge is -2.30. The fourth-order valence-electron chi connectivity index (χ4n) is 3.32. The maximum atomic E-state index is 12.1. The summed E-state index contributed by atoms with van der Waals surface area (Å²) in [5.41, 5.74) is 2.22. The van der Waals surface area contributed by atoms with Crippen molar-refractivity contribution in [2.75, 3.05) is 11.1 Å². The van der Waals surface area contributed by atoms with Gasteiger partial charge in [0.1, 0.15) is 11.8 Å². The van der Waals surface area contributed by atoms with Crippen molar-refractivity contribution in [1.82, 2.24) is 4.98 Å². The highest BCUT2D eigenvalue weighted by Crippen LogP contribution is 2.29. The molecule has 1 fully saturated rings. The molecule has 1 aliphatic rings. The van der Waals surface area contributed by atoms with Crippen LogP contribution in [0.3, 0.4) is 0 Å². The van der Waals surface area contributed by atoms with Crippen molar-refractivity contribution in [3.05, 3.63) is 36.0 Å². The molecule has 23 heavy (non-hydrogen) atoms. The average molecular weight is 327 g/mol.